The van der Waals surface area contributed by atoms with E-state index in [0.29, 0.717) is 19.8 Å². The first-order valence-electron chi connectivity index (χ1n) is 11.3. The van der Waals surface area contributed by atoms with Gasteiger partial charge in [-0.05, 0) is 18.4 Å². The molecule has 4 heterocycles. The van der Waals surface area contributed by atoms with E-state index >= 15 is 0 Å². The minimum atomic E-state index is -0.235. The largest absolute Gasteiger partial charge is 0.381 e. The van der Waals surface area contributed by atoms with Crippen LogP contribution in [0.25, 0.3) is 10.4 Å². The summed E-state index contributed by atoms with van der Waals surface area (Å²) in [6.45, 7) is 1.50. The van der Waals surface area contributed by atoms with Crippen LogP contribution in [0.2, 0.25) is 0 Å². The van der Waals surface area contributed by atoms with Crippen molar-refractivity contribution in [2.45, 2.75) is 69.0 Å². The van der Waals surface area contributed by atoms with Gasteiger partial charge in [0.2, 0.25) is 0 Å². The summed E-state index contributed by atoms with van der Waals surface area (Å²) >= 11 is 0. The fraction of sp³-hybridized carbons (Fsp3) is 0.765. The Bertz CT molecular complexity index is 956. The summed E-state index contributed by atoms with van der Waals surface area (Å²) in [5.41, 5.74) is 10.1. The van der Waals surface area contributed by atoms with E-state index < -0.39 is 0 Å². The summed E-state index contributed by atoms with van der Waals surface area (Å²) in [7, 11) is 6.83. The molecule has 6 atom stereocenters. The molecule has 4 rings (SSSR count). The molecule has 174 valence electrons. The topological polar surface area (TPSA) is 147 Å². The van der Waals surface area contributed by atoms with Gasteiger partial charge in [0.25, 0.3) is 0 Å². The third-order valence-corrected chi connectivity index (χ3v) is 5.94. The van der Waals surface area contributed by atoms with Crippen molar-refractivity contribution in [3.63, 3.8) is 0 Å². The number of rotatable bonds is 11. The molecule has 2 aromatic heterocycles. The molecule has 0 aliphatic carbocycles. The molecule has 2 saturated heterocycles. The maximum absolute atomic E-state index is 8.61. The fourth-order valence-corrected chi connectivity index (χ4v) is 4.30. The van der Waals surface area contributed by atoms with Gasteiger partial charge in [0, 0.05) is 24.0 Å². The van der Waals surface area contributed by atoms with Crippen molar-refractivity contribution >= 4 is 22.8 Å². The number of nitrogens with zero attached hydrogens (tertiary/aromatic N) is 9. The van der Waals surface area contributed by atoms with Crippen molar-refractivity contribution < 1.29 is 18.9 Å². The molecule has 33 heavy (non-hydrogen) atoms. The van der Waals surface area contributed by atoms with Crippen LogP contribution >= 0.6 is 0 Å². The van der Waals surface area contributed by atoms with Crippen LogP contribution in [-0.4, -0.2) is 95.7 Å². The quantitative estimate of drug-likeness (QED) is 0.164. The molecule has 0 aromatic carbocycles. The molecule has 2 aliphatic rings. The van der Waals surface area contributed by atoms with E-state index in [1.54, 1.807) is 9.36 Å². The highest BCUT2D eigenvalue weighted by Crippen LogP contribution is 2.25. The predicted octanol–water partition coefficient (Wildman–Crippen LogP) is -1.96. The Hall–Kier alpha value is -2.38. The molecule has 0 saturated carbocycles. The smallest absolute Gasteiger partial charge is 0.139 e. The lowest BCUT2D eigenvalue weighted by Crippen LogP contribution is -2.29. The van der Waals surface area contributed by atoms with Crippen LogP contribution < -0.4 is 0 Å². The van der Waals surface area contributed by atoms with E-state index in [1.807, 2.05) is 27.3 Å². The zero-order valence-corrected chi connectivity index (χ0v) is 19.2. The Labute approximate surface area is 194 Å². The molecule has 0 N–H and O–H groups in total. The maximum atomic E-state index is 8.61. The first-order chi connectivity index (χ1) is 16.0. The molecule has 0 bridgehead atoms. The van der Waals surface area contributed by atoms with Crippen molar-refractivity contribution in [3.05, 3.63) is 34.2 Å². The average molecular weight is 455 g/mol. The van der Waals surface area contributed by atoms with E-state index in [0.717, 1.165) is 31.4 Å². The lowest BCUT2D eigenvalue weighted by Gasteiger charge is -2.18. The summed E-state index contributed by atoms with van der Waals surface area (Å²) in [6.07, 6.45) is 4.72. The molecule has 0 spiro atoms. The van der Waals surface area contributed by atoms with Gasteiger partial charge in [-0.3, -0.25) is 4.68 Å². The van der Waals surface area contributed by atoms with Crippen molar-refractivity contribution in [3.8, 4) is 0 Å². The van der Waals surface area contributed by atoms with Crippen LogP contribution in [0.4, 0.5) is 0 Å². The van der Waals surface area contributed by atoms with Gasteiger partial charge >= 0.3 is 0 Å². The molecular weight excluding hydrogens is 427 g/mol. The monoisotopic (exact) mass is 455 g/mol. The lowest BCUT2D eigenvalue weighted by molar-refractivity contribution is -0.0300. The van der Waals surface area contributed by atoms with Crippen molar-refractivity contribution in [2.24, 2.45) is 12.2 Å². The Morgan fingerprint density at radius 1 is 1.15 bits per heavy atom. The van der Waals surface area contributed by atoms with Crippen LogP contribution in [0.1, 0.15) is 24.2 Å². The van der Waals surface area contributed by atoms with E-state index in [9.17, 15) is 0 Å². The highest BCUT2D eigenvalue weighted by molar-refractivity contribution is 6.90. The number of hydrogen-bond acceptors (Lipinski definition) is 9. The minimum Gasteiger partial charge on any atom is -0.381 e. The number of azide groups is 1. The van der Waals surface area contributed by atoms with E-state index in [4.69, 9.17) is 24.5 Å². The van der Waals surface area contributed by atoms with Gasteiger partial charge < -0.3 is 18.9 Å². The SMILES string of the molecule is BBC1CC(OCc2cn(CC3OC(B)CC3OCc3cn(C)nn3)nn2)C(CN=[N+]=[N-])O1. The first-order valence-corrected chi connectivity index (χ1v) is 11.3. The van der Waals surface area contributed by atoms with Crippen molar-refractivity contribution in [1.82, 2.24) is 30.0 Å². The number of hydrogen-bond donors (Lipinski definition) is 0. The average Bonchev–Trinajstić information content (AvgIpc) is 3.57. The van der Waals surface area contributed by atoms with Gasteiger partial charge in [-0.15, -0.1) is 10.2 Å². The fourth-order valence-electron chi connectivity index (χ4n) is 4.30. The standard InChI is InChI=1S/C17H28B3N9O4/c1-28-5-10(23-26-28)8-30-12-2-16(18)32-15(12)7-29-6-11(24-27-29)9-31-13-3-17(20-19)33-14(13)4-22-25-21/h5-6,12-17,20H,2-4,7-9,18-19H2,1H3. The second-order valence-electron chi connectivity index (χ2n) is 8.59. The van der Waals surface area contributed by atoms with Crippen LogP contribution in [0.3, 0.4) is 0 Å². The molecule has 2 aromatic rings. The van der Waals surface area contributed by atoms with Crippen molar-refractivity contribution in [1.29, 1.82) is 0 Å². The second kappa shape index (κ2) is 11.2. The Morgan fingerprint density at radius 3 is 2.58 bits per heavy atom. The molecule has 16 heteroatoms. The summed E-state index contributed by atoms with van der Waals surface area (Å²) in [5, 5.41) is 20.1. The molecule has 6 unspecified atom stereocenters. The molecular formula is C17H28B3N9O4. The van der Waals surface area contributed by atoms with Crippen LogP contribution in [0.15, 0.2) is 17.5 Å². The van der Waals surface area contributed by atoms with Gasteiger partial charge in [0.1, 0.15) is 32.5 Å². The van der Waals surface area contributed by atoms with Gasteiger partial charge in [-0.25, -0.2) is 4.68 Å². The number of aryl methyl sites for hydroxylation is 1. The van der Waals surface area contributed by atoms with E-state index in [1.165, 1.54) is 0 Å². The third-order valence-electron chi connectivity index (χ3n) is 5.94. The summed E-state index contributed by atoms with van der Waals surface area (Å²) in [5.74, 6) is 0. The lowest BCUT2D eigenvalue weighted by atomic mass is 9.51. The summed E-state index contributed by atoms with van der Waals surface area (Å²) < 4.78 is 27.5. The van der Waals surface area contributed by atoms with E-state index in [-0.39, 0.29) is 43.0 Å². The van der Waals surface area contributed by atoms with Gasteiger partial charge in [-0.1, -0.05) is 15.5 Å². The third kappa shape index (κ3) is 6.36. The molecule has 0 amide bonds. The first kappa shape index (κ1) is 23.8. The Balaban J connectivity index is 1.28. The zero-order valence-electron chi connectivity index (χ0n) is 19.2. The van der Waals surface area contributed by atoms with Gasteiger partial charge in [-0.2, -0.15) is 0 Å². The van der Waals surface area contributed by atoms with Crippen LogP contribution in [0.5, 0.6) is 0 Å². The summed E-state index contributed by atoms with van der Waals surface area (Å²) in [6, 6.07) is 0.222. The van der Waals surface area contributed by atoms with Crippen LogP contribution in [0, 0.1) is 0 Å². The summed E-state index contributed by atoms with van der Waals surface area (Å²) in [4.78, 5) is 2.83. The van der Waals surface area contributed by atoms with Crippen molar-refractivity contribution in [2.75, 3.05) is 6.54 Å². The number of aromatic nitrogens is 6. The van der Waals surface area contributed by atoms with E-state index in [2.05, 4.69) is 38.4 Å². The maximum Gasteiger partial charge on any atom is 0.139 e. The Morgan fingerprint density at radius 2 is 1.88 bits per heavy atom. The molecule has 13 nitrogen and oxygen atoms in total. The van der Waals surface area contributed by atoms with Gasteiger partial charge in [0.05, 0.1) is 64.7 Å². The number of ether oxygens (including phenoxy) is 4. The normalized spacial score (nSPS) is 29.2. The highest BCUT2D eigenvalue weighted by Gasteiger charge is 2.36. The van der Waals surface area contributed by atoms with Gasteiger partial charge in [0.15, 0.2) is 0 Å². The second-order valence-corrected chi connectivity index (χ2v) is 8.59. The molecule has 2 aliphatic heterocycles. The predicted molar refractivity (Wildman–Crippen MR) is 123 cm³/mol. The molecule has 0 radical (unpaired) electrons. The minimum absolute atomic E-state index is 0.0611. The highest BCUT2D eigenvalue weighted by atomic mass is 16.6. The zero-order chi connectivity index (χ0) is 23.2. The Kier molecular flexibility index (Phi) is 8.04. The van der Waals surface area contributed by atoms with Crippen LogP contribution in [-0.2, 0) is 45.8 Å². The molecule has 2 fully saturated rings.